The fraction of sp³-hybridized carbons (Fsp3) is 0.105. The van der Waals surface area contributed by atoms with E-state index in [-0.39, 0.29) is 6.04 Å². The number of halogens is 1. The van der Waals surface area contributed by atoms with Crippen molar-refractivity contribution >= 4 is 51.7 Å². The number of thiophene rings is 2. The van der Waals surface area contributed by atoms with E-state index in [9.17, 15) is 0 Å². The quantitative estimate of drug-likeness (QED) is 0.512. The van der Waals surface area contributed by atoms with Gasteiger partial charge in [0.25, 0.3) is 0 Å². The second-order valence-corrected chi connectivity index (χ2v) is 7.89. The Morgan fingerprint density at radius 3 is 2.67 bits per heavy atom. The molecule has 0 saturated carbocycles. The maximum Gasteiger partial charge on any atom is 0.0923 e. The highest BCUT2D eigenvalue weighted by molar-refractivity contribution is 7.10. The highest BCUT2D eigenvalue weighted by Gasteiger charge is 2.29. The van der Waals surface area contributed by atoms with Crippen LogP contribution in [0.15, 0.2) is 70.5 Å². The van der Waals surface area contributed by atoms with E-state index in [0.29, 0.717) is 0 Å². The molecule has 1 atom stereocenters. The average molecular weight is 371 g/mol. The van der Waals surface area contributed by atoms with Crippen molar-refractivity contribution in [2.75, 3.05) is 5.01 Å². The summed E-state index contributed by atoms with van der Waals surface area (Å²) in [6, 6.07) is 16.6. The van der Waals surface area contributed by atoms with Crippen molar-refractivity contribution in [2.45, 2.75) is 12.5 Å². The summed E-state index contributed by atoms with van der Waals surface area (Å²) in [7, 11) is 0. The van der Waals surface area contributed by atoms with Crippen LogP contribution in [0, 0.1) is 0 Å². The Labute approximate surface area is 154 Å². The van der Waals surface area contributed by atoms with Crippen molar-refractivity contribution in [1.82, 2.24) is 0 Å². The van der Waals surface area contributed by atoms with E-state index in [4.69, 9.17) is 16.7 Å². The van der Waals surface area contributed by atoms with Crippen molar-refractivity contribution in [1.29, 1.82) is 0 Å². The molecule has 5 heteroatoms. The maximum atomic E-state index is 6.18. The minimum atomic E-state index is 0.228. The lowest BCUT2D eigenvalue weighted by Gasteiger charge is -2.22. The van der Waals surface area contributed by atoms with Gasteiger partial charge in [-0.05, 0) is 53.2 Å². The van der Waals surface area contributed by atoms with Crippen LogP contribution in [0.1, 0.15) is 22.2 Å². The first-order valence-corrected chi connectivity index (χ1v) is 9.80. The molecule has 0 spiro atoms. The van der Waals surface area contributed by atoms with E-state index >= 15 is 0 Å². The van der Waals surface area contributed by atoms with E-state index in [2.05, 4.69) is 58.3 Å². The third-order valence-electron chi connectivity index (χ3n) is 3.86. The molecule has 1 aliphatic rings. The first-order chi connectivity index (χ1) is 11.8. The topological polar surface area (TPSA) is 15.6 Å². The zero-order chi connectivity index (χ0) is 16.4. The number of hydrogen-bond donors (Lipinski definition) is 0. The van der Waals surface area contributed by atoms with Gasteiger partial charge in [-0.1, -0.05) is 29.8 Å². The molecular formula is C19H15ClN2S2. The Balaban J connectivity index is 1.66. The molecule has 1 aliphatic heterocycles. The highest BCUT2D eigenvalue weighted by Crippen LogP contribution is 2.38. The van der Waals surface area contributed by atoms with Crippen LogP contribution in [0.25, 0.3) is 6.08 Å². The predicted molar refractivity (Wildman–Crippen MR) is 106 cm³/mol. The summed E-state index contributed by atoms with van der Waals surface area (Å²) in [5.41, 5.74) is 2.11. The van der Waals surface area contributed by atoms with E-state index in [1.165, 1.54) is 9.75 Å². The number of allylic oxidation sites excluding steroid dienone is 1. The van der Waals surface area contributed by atoms with Crippen molar-refractivity contribution in [3.8, 4) is 0 Å². The van der Waals surface area contributed by atoms with Crippen LogP contribution in [0.4, 0.5) is 5.69 Å². The van der Waals surface area contributed by atoms with Crippen LogP contribution >= 0.6 is 34.3 Å². The Kier molecular flexibility index (Phi) is 4.52. The molecule has 4 rings (SSSR count). The minimum Gasteiger partial charge on any atom is -0.257 e. The van der Waals surface area contributed by atoms with Crippen LogP contribution in [-0.2, 0) is 0 Å². The van der Waals surface area contributed by atoms with Crippen LogP contribution in [-0.4, -0.2) is 5.71 Å². The van der Waals surface area contributed by atoms with Crippen LogP contribution in [0.5, 0.6) is 0 Å². The summed E-state index contributed by atoms with van der Waals surface area (Å²) in [4.78, 5) is 2.56. The maximum absolute atomic E-state index is 6.18. The fourth-order valence-corrected chi connectivity index (χ4v) is 4.37. The number of hydrogen-bond acceptors (Lipinski definition) is 4. The number of hydrazone groups is 1. The summed E-state index contributed by atoms with van der Waals surface area (Å²) in [5.74, 6) is 0. The number of anilines is 1. The number of rotatable bonds is 4. The van der Waals surface area contributed by atoms with Gasteiger partial charge in [-0.25, -0.2) is 0 Å². The molecule has 2 aromatic heterocycles. The van der Waals surface area contributed by atoms with E-state index in [1.54, 1.807) is 22.7 Å². The average Bonchev–Trinajstić information content (AvgIpc) is 3.33. The molecule has 0 fully saturated rings. The lowest BCUT2D eigenvalue weighted by atomic mass is 10.1. The minimum absolute atomic E-state index is 0.228. The molecule has 1 unspecified atom stereocenters. The molecule has 3 heterocycles. The van der Waals surface area contributed by atoms with Gasteiger partial charge in [-0.2, -0.15) is 5.10 Å². The van der Waals surface area contributed by atoms with Gasteiger partial charge in [0.05, 0.1) is 17.4 Å². The van der Waals surface area contributed by atoms with E-state index in [0.717, 1.165) is 22.8 Å². The normalized spacial score (nSPS) is 17.6. The van der Waals surface area contributed by atoms with Gasteiger partial charge >= 0.3 is 0 Å². The highest BCUT2D eigenvalue weighted by atomic mass is 35.5. The van der Waals surface area contributed by atoms with Gasteiger partial charge < -0.3 is 0 Å². The standard InChI is InChI=1S/C19H15ClN2S2/c20-14-4-1-5-16(12-14)22-18(19-7-3-11-24-19)13-15(21-22)8-9-17-6-2-10-23-17/h1-12,18H,13H2. The molecule has 1 aromatic carbocycles. The zero-order valence-corrected chi connectivity index (χ0v) is 15.2. The molecule has 0 bridgehead atoms. The summed E-state index contributed by atoms with van der Waals surface area (Å²) in [5, 5.41) is 11.9. The SMILES string of the molecule is Clc1cccc(N2N=C(C=Cc3cccs3)CC2c2cccs2)c1. The molecule has 2 nitrogen and oxygen atoms in total. The van der Waals surface area contributed by atoms with E-state index < -0.39 is 0 Å². The number of nitrogens with zero attached hydrogens (tertiary/aromatic N) is 2. The lowest BCUT2D eigenvalue weighted by Crippen LogP contribution is -2.17. The van der Waals surface area contributed by atoms with Gasteiger partial charge in [0.1, 0.15) is 0 Å². The van der Waals surface area contributed by atoms with Gasteiger partial charge in [-0.3, -0.25) is 5.01 Å². The van der Waals surface area contributed by atoms with Crippen molar-refractivity contribution < 1.29 is 0 Å². The van der Waals surface area contributed by atoms with Gasteiger partial charge in [0, 0.05) is 21.2 Å². The first-order valence-electron chi connectivity index (χ1n) is 7.67. The summed E-state index contributed by atoms with van der Waals surface area (Å²) >= 11 is 9.68. The Morgan fingerprint density at radius 1 is 1.04 bits per heavy atom. The molecular weight excluding hydrogens is 356 g/mol. The summed E-state index contributed by atoms with van der Waals surface area (Å²) in [6.07, 6.45) is 5.16. The molecule has 0 amide bonds. The van der Waals surface area contributed by atoms with Crippen LogP contribution < -0.4 is 5.01 Å². The zero-order valence-electron chi connectivity index (χ0n) is 12.8. The Bertz CT molecular complexity index is 867. The predicted octanol–water partition coefficient (Wildman–Crippen LogP) is 6.48. The number of benzene rings is 1. The molecule has 0 aliphatic carbocycles. The monoisotopic (exact) mass is 370 g/mol. The van der Waals surface area contributed by atoms with Crippen molar-refractivity contribution in [3.63, 3.8) is 0 Å². The fourth-order valence-electron chi connectivity index (χ4n) is 2.76. The lowest BCUT2D eigenvalue weighted by molar-refractivity contribution is 0.722. The van der Waals surface area contributed by atoms with Crippen LogP contribution in [0.3, 0.4) is 0 Å². The largest absolute Gasteiger partial charge is 0.257 e. The molecule has 0 N–H and O–H groups in total. The van der Waals surface area contributed by atoms with Gasteiger partial charge in [0.2, 0.25) is 0 Å². The second kappa shape index (κ2) is 6.93. The van der Waals surface area contributed by atoms with Crippen molar-refractivity contribution in [2.24, 2.45) is 5.10 Å². The van der Waals surface area contributed by atoms with Gasteiger partial charge in [0.15, 0.2) is 0 Å². The smallest absolute Gasteiger partial charge is 0.0923 e. The molecule has 0 saturated heterocycles. The molecule has 0 radical (unpaired) electrons. The Hall–Kier alpha value is -1.88. The molecule has 3 aromatic rings. The Morgan fingerprint density at radius 2 is 1.92 bits per heavy atom. The van der Waals surface area contributed by atoms with Gasteiger partial charge in [-0.15, -0.1) is 22.7 Å². The summed E-state index contributed by atoms with van der Waals surface area (Å²) in [6.45, 7) is 0. The van der Waals surface area contributed by atoms with Crippen molar-refractivity contribution in [3.05, 3.63) is 80.1 Å². The second-order valence-electron chi connectivity index (χ2n) is 5.50. The third kappa shape index (κ3) is 3.31. The molecule has 120 valence electrons. The summed E-state index contributed by atoms with van der Waals surface area (Å²) < 4.78 is 0. The third-order valence-corrected chi connectivity index (χ3v) is 5.91. The van der Waals surface area contributed by atoms with Crippen LogP contribution in [0.2, 0.25) is 5.02 Å². The molecule has 24 heavy (non-hydrogen) atoms. The van der Waals surface area contributed by atoms with E-state index in [1.807, 2.05) is 18.2 Å². The first kappa shape index (κ1) is 15.6.